The fraction of sp³-hybridized carbons (Fsp3) is 0.385. The van der Waals surface area contributed by atoms with E-state index in [0.29, 0.717) is 10.6 Å². The first kappa shape index (κ1) is 17.2. The van der Waals surface area contributed by atoms with Crippen LogP contribution in [0.2, 0.25) is 10.0 Å². The molecule has 0 aliphatic carbocycles. The third-order valence-corrected chi connectivity index (χ3v) is 5.15. The van der Waals surface area contributed by atoms with Gasteiger partial charge in [0.05, 0.1) is 5.75 Å². The second kappa shape index (κ2) is 6.54. The highest BCUT2D eigenvalue weighted by molar-refractivity contribution is 7.90. The molecule has 1 aromatic carbocycles. The van der Waals surface area contributed by atoms with Crippen LogP contribution in [0.3, 0.4) is 0 Å². The average Bonchev–Trinajstić information content (AvgIpc) is 2.91. The summed E-state index contributed by atoms with van der Waals surface area (Å²) in [7, 11) is -3.78. The summed E-state index contributed by atoms with van der Waals surface area (Å²) in [5.74, 6) is 0.0196. The van der Waals surface area contributed by atoms with E-state index in [1.54, 1.807) is 12.1 Å². The Morgan fingerprint density at radius 3 is 2.55 bits per heavy atom. The van der Waals surface area contributed by atoms with Crippen LogP contribution in [0, 0.1) is 5.92 Å². The maximum Gasteiger partial charge on any atom is 0.336 e. The molecule has 1 atom stereocenters. The Bertz CT molecular complexity index is 775. The molecular formula is C13H16Cl2N3O3S+. The molecule has 0 aliphatic rings. The van der Waals surface area contributed by atoms with Gasteiger partial charge in [-0.25, -0.2) is 8.42 Å². The van der Waals surface area contributed by atoms with E-state index in [9.17, 15) is 8.42 Å². The second-order valence-corrected chi connectivity index (χ2v) is 7.96. The number of nitrogens with zero attached hydrogens (tertiary/aromatic N) is 2. The summed E-state index contributed by atoms with van der Waals surface area (Å²) in [6.45, 7) is 3.87. The van der Waals surface area contributed by atoms with Gasteiger partial charge in [0, 0.05) is 16.0 Å². The molecule has 3 N–H and O–H groups in total. The Morgan fingerprint density at radius 1 is 1.27 bits per heavy atom. The zero-order chi connectivity index (χ0) is 16.5. The Kier molecular flexibility index (Phi) is 5.11. The van der Waals surface area contributed by atoms with Crippen LogP contribution in [0.4, 0.5) is 0 Å². The van der Waals surface area contributed by atoms with Crippen molar-refractivity contribution in [2.45, 2.75) is 30.9 Å². The number of hydrogen-bond acceptors (Lipinski definition) is 5. The zero-order valence-electron chi connectivity index (χ0n) is 12.1. The van der Waals surface area contributed by atoms with E-state index >= 15 is 0 Å². The maximum absolute atomic E-state index is 12.3. The van der Waals surface area contributed by atoms with E-state index in [2.05, 4.69) is 15.9 Å². The van der Waals surface area contributed by atoms with Gasteiger partial charge in [-0.15, -0.1) is 5.10 Å². The lowest BCUT2D eigenvalue weighted by atomic mass is 10.1. The molecule has 1 heterocycles. The summed E-state index contributed by atoms with van der Waals surface area (Å²) in [5, 5.41) is 7.67. The van der Waals surface area contributed by atoms with E-state index in [1.807, 2.05) is 13.8 Å². The Labute approximate surface area is 138 Å². The molecule has 0 radical (unpaired) electrons. The van der Waals surface area contributed by atoms with Crippen LogP contribution in [-0.2, 0) is 15.6 Å². The van der Waals surface area contributed by atoms with Gasteiger partial charge in [-0.3, -0.25) is 0 Å². The standard InChI is InChI=1S/C13H15Cl2N3O3S/c1-7(2)11(16)12-17-18-13(21-12)22(19,20)6-8-3-4-9(14)5-10(8)15/h3-5,7,11H,6,16H2,1-2H3/p+1/t11-/m0/s1. The lowest BCUT2D eigenvalue weighted by molar-refractivity contribution is -0.443. The fourth-order valence-corrected chi connectivity index (χ4v) is 3.40. The molecule has 0 saturated carbocycles. The van der Waals surface area contributed by atoms with Crippen LogP contribution in [0.1, 0.15) is 31.3 Å². The summed E-state index contributed by atoms with van der Waals surface area (Å²) in [4.78, 5) is 0. The molecule has 6 nitrogen and oxygen atoms in total. The van der Waals surface area contributed by atoms with E-state index < -0.39 is 15.1 Å². The van der Waals surface area contributed by atoms with Gasteiger partial charge >= 0.3 is 5.22 Å². The van der Waals surface area contributed by atoms with Crippen molar-refractivity contribution in [1.29, 1.82) is 0 Å². The molecule has 0 fully saturated rings. The van der Waals surface area contributed by atoms with Crippen molar-refractivity contribution in [3.63, 3.8) is 0 Å². The fourth-order valence-electron chi connectivity index (χ4n) is 1.69. The van der Waals surface area contributed by atoms with Gasteiger partial charge in [0.25, 0.3) is 5.89 Å². The van der Waals surface area contributed by atoms with E-state index in [0.717, 1.165) is 0 Å². The number of rotatable bonds is 5. The van der Waals surface area contributed by atoms with E-state index in [-0.39, 0.29) is 28.6 Å². The largest absolute Gasteiger partial charge is 0.406 e. The highest BCUT2D eigenvalue weighted by Gasteiger charge is 2.28. The van der Waals surface area contributed by atoms with Crippen LogP contribution < -0.4 is 5.73 Å². The first-order valence-corrected chi connectivity index (χ1v) is 8.94. The Morgan fingerprint density at radius 2 is 1.95 bits per heavy atom. The number of sulfone groups is 1. The van der Waals surface area contributed by atoms with Crippen LogP contribution in [0.5, 0.6) is 0 Å². The Hall–Kier alpha value is -1.15. The highest BCUT2D eigenvalue weighted by atomic mass is 35.5. The number of quaternary nitrogens is 1. The van der Waals surface area contributed by atoms with Crippen molar-refractivity contribution in [1.82, 2.24) is 10.2 Å². The summed E-state index contributed by atoms with van der Waals surface area (Å²) in [5.41, 5.74) is 4.30. The smallest absolute Gasteiger partial charge is 0.336 e. The van der Waals surface area contributed by atoms with Crippen molar-refractivity contribution in [3.05, 3.63) is 39.7 Å². The minimum Gasteiger partial charge on any atom is -0.406 e. The number of halogens is 2. The number of aromatic nitrogens is 2. The van der Waals surface area contributed by atoms with Crippen LogP contribution in [0.25, 0.3) is 0 Å². The third-order valence-electron chi connectivity index (χ3n) is 3.17. The molecule has 2 aromatic rings. The SMILES string of the molecule is CC(C)[C@H]([NH3+])c1nnc(S(=O)(=O)Cc2ccc(Cl)cc2Cl)o1. The molecule has 120 valence electrons. The van der Waals surface area contributed by atoms with Crippen LogP contribution >= 0.6 is 23.2 Å². The molecular weight excluding hydrogens is 349 g/mol. The lowest BCUT2D eigenvalue weighted by Crippen LogP contribution is -2.56. The van der Waals surface area contributed by atoms with Crippen molar-refractivity contribution in [3.8, 4) is 0 Å². The van der Waals surface area contributed by atoms with Gasteiger partial charge in [0.2, 0.25) is 9.84 Å². The Balaban J connectivity index is 2.27. The first-order valence-electron chi connectivity index (χ1n) is 6.54. The molecule has 0 aliphatic heterocycles. The van der Waals surface area contributed by atoms with Crippen molar-refractivity contribution >= 4 is 33.0 Å². The maximum atomic E-state index is 12.3. The molecule has 2 rings (SSSR count). The quantitative estimate of drug-likeness (QED) is 0.876. The van der Waals surface area contributed by atoms with Gasteiger partial charge in [0.1, 0.15) is 0 Å². The number of hydrogen-bond donors (Lipinski definition) is 1. The van der Waals surface area contributed by atoms with Gasteiger partial charge in [-0.05, 0) is 17.7 Å². The predicted octanol–water partition coefficient (Wildman–Crippen LogP) is 2.29. The van der Waals surface area contributed by atoms with Gasteiger partial charge in [0.15, 0.2) is 6.04 Å². The van der Waals surface area contributed by atoms with Gasteiger partial charge in [-0.1, -0.05) is 48.2 Å². The number of benzene rings is 1. The average molecular weight is 365 g/mol. The summed E-state index contributed by atoms with van der Waals surface area (Å²) in [6, 6.07) is 4.34. The van der Waals surface area contributed by atoms with Crippen LogP contribution in [0.15, 0.2) is 27.8 Å². The van der Waals surface area contributed by atoms with Crippen LogP contribution in [-0.4, -0.2) is 18.6 Å². The highest BCUT2D eigenvalue weighted by Crippen LogP contribution is 2.25. The molecule has 0 saturated heterocycles. The normalized spacial score (nSPS) is 13.5. The molecule has 9 heteroatoms. The molecule has 0 unspecified atom stereocenters. The van der Waals surface area contributed by atoms with Crippen molar-refractivity contribution < 1.29 is 18.6 Å². The molecule has 1 aromatic heterocycles. The van der Waals surface area contributed by atoms with E-state index in [1.165, 1.54) is 6.07 Å². The molecule has 0 spiro atoms. The second-order valence-electron chi connectivity index (χ2n) is 5.25. The molecule has 0 bridgehead atoms. The monoisotopic (exact) mass is 364 g/mol. The summed E-state index contributed by atoms with van der Waals surface area (Å²) in [6.07, 6.45) is 0. The van der Waals surface area contributed by atoms with Gasteiger partial charge in [-0.2, -0.15) is 0 Å². The third kappa shape index (κ3) is 3.78. The van der Waals surface area contributed by atoms with Crippen molar-refractivity contribution in [2.75, 3.05) is 0 Å². The minimum absolute atomic E-state index is 0.154. The van der Waals surface area contributed by atoms with Gasteiger partial charge < -0.3 is 10.2 Å². The van der Waals surface area contributed by atoms with E-state index in [4.69, 9.17) is 27.6 Å². The summed E-state index contributed by atoms with van der Waals surface area (Å²) < 4.78 is 29.9. The predicted molar refractivity (Wildman–Crippen MR) is 82.1 cm³/mol. The van der Waals surface area contributed by atoms with Crippen molar-refractivity contribution in [2.24, 2.45) is 5.92 Å². The molecule has 0 amide bonds. The molecule has 22 heavy (non-hydrogen) atoms. The first-order chi connectivity index (χ1) is 10.2. The summed E-state index contributed by atoms with van der Waals surface area (Å²) >= 11 is 11.8. The minimum atomic E-state index is -3.78. The zero-order valence-corrected chi connectivity index (χ0v) is 14.4. The topological polar surface area (TPSA) is 101 Å². The lowest BCUT2D eigenvalue weighted by Gasteiger charge is -2.06.